The Labute approximate surface area is 120 Å². The van der Waals surface area contributed by atoms with Crippen LogP contribution in [0, 0.1) is 5.82 Å². The average molecular weight is 272 g/mol. The van der Waals surface area contributed by atoms with E-state index in [-0.39, 0.29) is 5.82 Å². The molecule has 2 aromatic rings. The molecular weight excluding hydrogens is 251 g/mol. The molecule has 0 aromatic heterocycles. The van der Waals surface area contributed by atoms with Crippen LogP contribution in [0.1, 0.15) is 30.9 Å². The van der Waals surface area contributed by atoms with Gasteiger partial charge in [-0.3, -0.25) is 0 Å². The van der Waals surface area contributed by atoms with E-state index < -0.39 is 0 Å². The summed E-state index contributed by atoms with van der Waals surface area (Å²) in [6.07, 6.45) is 4.12. The molecule has 0 heterocycles. The van der Waals surface area contributed by atoms with E-state index in [0.29, 0.717) is 0 Å². The predicted molar refractivity (Wildman–Crippen MR) is 80.7 cm³/mol. The lowest BCUT2D eigenvalue weighted by atomic mass is 10.0. The summed E-state index contributed by atoms with van der Waals surface area (Å²) in [5, 5.41) is 0. The third-order valence-corrected chi connectivity index (χ3v) is 3.31. The van der Waals surface area contributed by atoms with Gasteiger partial charge in [-0.2, -0.15) is 0 Å². The first-order valence-electron chi connectivity index (χ1n) is 7.24. The minimum absolute atomic E-state index is 0.178. The fourth-order valence-corrected chi connectivity index (χ4v) is 2.03. The SMILES string of the molecule is CCCCOc1ccc(CCc2ccc(F)cc2)cc1. The molecule has 0 aliphatic rings. The molecule has 0 saturated carbocycles. The molecule has 0 saturated heterocycles. The van der Waals surface area contributed by atoms with Crippen molar-refractivity contribution in [2.45, 2.75) is 32.6 Å². The zero-order valence-corrected chi connectivity index (χ0v) is 11.9. The van der Waals surface area contributed by atoms with Crippen molar-refractivity contribution in [3.63, 3.8) is 0 Å². The minimum atomic E-state index is -0.178. The lowest BCUT2D eigenvalue weighted by molar-refractivity contribution is 0.309. The van der Waals surface area contributed by atoms with Gasteiger partial charge in [-0.05, 0) is 54.7 Å². The molecule has 0 amide bonds. The van der Waals surface area contributed by atoms with E-state index in [9.17, 15) is 4.39 Å². The highest BCUT2D eigenvalue weighted by Crippen LogP contribution is 2.15. The maximum Gasteiger partial charge on any atom is 0.123 e. The average Bonchev–Trinajstić information content (AvgIpc) is 2.48. The van der Waals surface area contributed by atoms with Crippen molar-refractivity contribution in [3.05, 3.63) is 65.5 Å². The highest BCUT2D eigenvalue weighted by molar-refractivity contribution is 5.28. The van der Waals surface area contributed by atoms with Crippen LogP contribution in [0.15, 0.2) is 48.5 Å². The number of benzene rings is 2. The molecule has 0 radical (unpaired) electrons. The van der Waals surface area contributed by atoms with Crippen molar-refractivity contribution in [1.82, 2.24) is 0 Å². The van der Waals surface area contributed by atoms with E-state index in [1.54, 1.807) is 0 Å². The zero-order valence-electron chi connectivity index (χ0n) is 11.9. The smallest absolute Gasteiger partial charge is 0.123 e. The Morgan fingerprint density at radius 1 is 0.850 bits per heavy atom. The third-order valence-electron chi connectivity index (χ3n) is 3.31. The van der Waals surface area contributed by atoms with Crippen molar-refractivity contribution >= 4 is 0 Å². The molecule has 0 fully saturated rings. The normalized spacial score (nSPS) is 10.5. The van der Waals surface area contributed by atoms with Crippen LogP contribution in [0.2, 0.25) is 0 Å². The first-order chi connectivity index (χ1) is 9.78. The fraction of sp³-hybridized carbons (Fsp3) is 0.333. The lowest BCUT2D eigenvalue weighted by Crippen LogP contribution is -1.97. The van der Waals surface area contributed by atoms with E-state index in [1.165, 1.54) is 17.7 Å². The number of halogens is 1. The lowest BCUT2D eigenvalue weighted by Gasteiger charge is -2.07. The van der Waals surface area contributed by atoms with Crippen molar-refractivity contribution < 1.29 is 9.13 Å². The summed E-state index contributed by atoms with van der Waals surface area (Å²) in [5.74, 6) is 0.756. The maximum absolute atomic E-state index is 12.8. The maximum atomic E-state index is 12.8. The van der Waals surface area contributed by atoms with Crippen molar-refractivity contribution in [3.8, 4) is 5.75 Å². The van der Waals surface area contributed by atoms with Crippen molar-refractivity contribution in [1.29, 1.82) is 0 Å². The van der Waals surface area contributed by atoms with Crippen LogP contribution in [-0.2, 0) is 12.8 Å². The molecule has 2 heteroatoms. The number of hydrogen-bond acceptors (Lipinski definition) is 1. The van der Waals surface area contributed by atoms with Crippen LogP contribution in [0.5, 0.6) is 5.75 Å². The Bertz CT molecular complexity index is 502. The van der Waals surface area contributed by atoms with Gasteiger partial charge in [0, 0.05) is 0 Å². The number of unbranched alkanes of at least 4 members (excludes halogenated alkanes) is 1. The standard InChI is InChI=1S/C18H21FO/c1-2-3-14-20-18-12-8-16(9-13-18)5-4-15-6-10-17(19)11-7-15/h6-13H,2-5,14H2,1H3. The molecule has 106 valence electrons. The molecular formula is C18H21FO. The third kappa shape index (κ3) is 4.69. The summed E-state index contributed by atoms with van der Waals surface area (Å²) in [5.41, 5.74) is 2.44. The largest absolute Gasteiger partial charge is 0.494 e. The second kappa shape index (κ2) is 7.68. The van der Waals surface area contributed by atoms with Crippen LogP contribution >= 0.6 is 0 Å². The Kier molecular flexibility index (Phi) is 5.60. The summed E-state index contributed by atoms with van der Waals surface area (Å²) in [7, 11) is 0. The summed E-state index contributed by atoms with van der Waals surface area (Å²) in [6, 6.07) is 15.0. The first-order valence-corrected chi connectivity index (χ1v) is 7.24. The van der Waals surface area contributed by atoms with Crippen LogP contribution < -0.4 is 4.74 Å². The van der Waals surface area contributed by atoms with Gasteiger partial charge in [-0.1, -0.05) is 37.6 Å². The van der Waals surface area contributed by atoms with Crippen LogP contribution in [0.3, 0.4) is 0 Å². The Morgan fingerprint density at radius 3 is 1.95 bits per heavy atom. The number of aryl methyl sites for hydroxylation is 2. The molecule has 0 aliphatic heterocycles. The zero-order chi connectivity index (χ0) is 14.2. The molecule has 0 N–H and O–H groups in total. The van der Waals surface area contributed by atoms with Gasteiger partial charge in [-0.15, -0.1) is 0 Å². The van der Waals surface area contributed by atoms with Crippen molar-refractivity contribution in [2.24, 2.45) is 0 Å². The second-order valence-electron chi connectivity index (χ2n) is 4.97. The van der Waals surface area contributed by atoms with Crippen molar-refractivity contribution in [2.75, 3.05) is 6.61 Å². The predicted octanol–water partition coefficient (Wildman–Crippen LogP) is 4.79. The van der Waals surface area contributed by atoms with Gasteiger partial charge in [0.15, 0.2) is 0 Å². The summed E-state index contributed by atoms with van der Waals surface area (Å²) >= 11 is 0. The molecule has 0 atom stereocenters. The highest BCUT2D eigenvalue weighted by atomic mass is 19.1. The Balaban J connectivity index is 1.82. The van der Waals surface area contributed by atoms with Crippen LogP contribution in [-0.4, -0.2) is 6.61 Å². The van der Waals surface area contributed by atoms with Gasteiger partial charge in [0.2, 0.25) is 0 Å². The summed E-state index contributed by atoms with van der Waals surface area (Å²) in [4.78, 5) is 0. The second-order valence-corrected chi connectivity index (χ2v) is 4.97. The molecule has 0 bridgehead atoms. The molecule has 0 unspecified atom stereocenters. The number of ether oxygens (including phenoxy) is 1. The van der Waals surface area contributed by atoms with Crippen LogP contribution in [0.25, 0.3) is 0 Å². The van der Waals surface area contributed by atoms with Gasteiger partial charge in [0.25, 0.3) is 0 Å². The molecule has 2 aromatic carbocycles. The topological polar surface area (TPSA) is 9.23 Å². The van der Waals surface area contributed by atoms with Gasteiger partial charge in [0.05, 0.1) is 6.61 Å². The molecule has 0 spiro atoms. The summed E-state index contributed by atoms with van der Waals surface area (Å²) in [6.45, 7) is 2.94. The fourth-order valence-electron chi connectivity index (χ4n) is 2.03. The number of hydrogen-bond donors (Lipinski definition) is 0. The Hall–Kier alpha value is -1.83. The number of rotatable bonds is 7. The van der Waals surface area contributed by atoms with E-state index >= 15 is 0 Å². The summed E-state index contributed by atoms with van der Waals surface area (Å²) < 4.78 is 18.4. The molecule has 2 rings (SSSR count). The van der Waals surface area contributed by atoms with Gasteiger partial charge >= 0.3 is 0 Å². The monoisotopic (exact) mass is 272 g/mol. The van der Waals surface area contributed by atoms with Gasteiger partial charge in [0.1, 0.15) is 11.6 Å². The highest BCUT2D eigenvalue weighted by Gasteiger charge is 1.98. The molecule has 1 nitrogen and oxygen atoms in total. The van der Waals surface area contributed by atoms with Gasteiger partial charge in [-0.25, -0.2) is 4.39 Å². The van der Waals surface area contributed by atoms with Crippen LogP contribution in [0.4, 0.5) is 4.39 Å². The van der Waals surface area contributed by atoms with E-state index in [1.807, 2.05) is 24.3 Å². The Morgan fingerprint density at radius 2 is 1.40 bits per heavy atom. The van der Waals surface area contributed by atoms with E-state index in [2.05, 4.69) is 19.1 Å². The molecule has 0 aliphatic carbocycles. The first kappa shape index (κ1) is 14.6. The van der Waals surface area contributed by atoms with E-state index in [0.717, 1.165) is 43.6 Å². The minimum Gasteiger partial charge on any atom is -0.494 e. The van der Waals surface area contributed by atoms with E-state index in [4.69, 9.17) is 4.74 Å². The van der Waals surface area contributed by atoms with Gasteiger partial charge < -0.3 is 4.74 Å². The molecule has 20 heavy (non-hydrogen) atoms. The quantitative estimate of drug-likeness (QED) is 0.658.